The number of anilines is 1. The summed E-state index contributed by atoms with van der Waals surface area (Å²) >= 11 is 0. The molecule has 1 rings (SSSR count). The van der Waals surface area contributed by atoms with Crippen LogP contribution in [0.25, 0.3) is 0 Å². The molecule has 0 aliphatic carbocycles. The molecule has 21 heavy (non-hydrogen) atoms. The Morgan fingerprint density at radius 2 is 2.00 bits per heavy atom. The Bertz CT molecular complexity index is 466. The topological polar surface area (TPSA) is 39.7 Å². The maximum absolute atomic E-state index is 4.69. The molecular formula is C17H30N4. The molecule has 0 aliphatic rings. The molecule has 0 saturated heterocycles. The van der Waals surface area contributed by atoms with E-state index < -0.39 is 0 Å². The summed E-state index contributed by atoms with van der Waals surface area (Å²) in [5, 5.41) is 6.72. The van der Waals surface area contributed by atoms with Crippen molar-refractivity contribution in [1.29, 1.82) is 0 Å². The van der Waals surface area contributed by atoms with Crippen LogP contribution in [0.5, 0.6) is 0 Å². The van der Waals surface area contributed by atoms with Crippen LogP contribution in [0.15, 0.2) is 23.2 Å². The van der Waals surface area contributed by atoms with Crippen molar-refractivity contribution in [3.63, 3.8) is 0 Å². The number of rotatable bonds is 6. The molecule has 1 unspecified atom stereocenters. The lowest BCUT2D eigenvalue weighted by atomic mass is 10.1. The Morgan fingerprint density at radius 1 is 1.29 bits per heavy atom. The van der Waals surface area contributed by atoms with Gasteiger partial charge in [0.2, 0.25) is 0 Å². The van der Waals surface area contributed by atoms with Crippen LogP contribution in [0.1, 0.15) is 38.3 Å². The fourth-order valence-electron chi connectivity index (χ4n) is 1.96. The molecule has 0 heterocycles. The first-order chi connectivity index (χ1) is 9.97. The number of hydrogen-bond donors (Lipinski definition) is 2. The standard InChI is InChI=1S/C17H30N4/c1-7-14(4)20-17(18-8-2)19-12-15-9-10-16(21(5)6)11-13(15)3/h9-11,14H,7-8,12H2,1-6H3,(H2,18,19,20). The largest absolute Gasteiger partial charge is 0.378 e. The fourth-order valence-corrected chi connectivity index (χ4v) is 1.96. The monoisotopic (exact) mass is 290 g/mol. The van der Waals surface area contributed by atoms with Crippen molar-refractivity contribution in [3.8, 4) is 0 Å². The van der Waals surface area contributed by atoms with E-state index >= 15 is 0 Å². The highest BCUT2D eigenvalue weighted by Crippen LogP contribution is 2.17. The van der Waals surface area contributed by atoms with Gasteiger partial charge in [0, 0.05) is 32.4 Å². The molecule has 0 amide bonds. The SMILES string of the molecule is CCNC(=NCc1ccc(N(C)C)cc1C)NC(C)CC. The zero-order valence-corrected chi connectivity index (χ0v) is 14.3. The maximum atomic E-state index is 4.69. The summed E-state index contributed by atoms with van der Waals surface area (Å²) in [7, 11) is 4.12. The Kier molecular flexibility index (Phi) is 7.06. The van der Waals surface area contributed by atoms with Crippen molar-refractivity contribution in [1.82, 2.24) is 10.6 Å². The summed E-state index contributed by atoms with van der Waals surface area (Å²) in [4.78, 5) is 6.81. The van der Waals surface area contributed by atoms with Gasteiger partial charge in [0.1, 0.15) is 0 Å². The second-order valence-corrected chi connectivity index (χ2v) is 5.65. The number of aliphatic imine (C=N–C) groups is 1. The van der Waals surface area contributed by atoms with Crippen LogP contribution in [0.3, 0.4) is 0 Å². The molecule has 0 radical (unpaired) electrons. The minimum absolute atomic E-state index is 0.431. The maximum Gasteiger partial charge on any atom is 0.191 e. The molecule has 4 heteroatoms. The van der Waals surface area contributed by atoms with Gasteiger partial charge in [-0.25, -0.2) is 4.99 Å². The number of aryl methyl sites for hydroxylation is 1. The van der Waals surface area contributed by atoms with Gasteiger partial charge in [-0.15, -0.1) is 0 Å². The summed E-state index contributed by atoms with van der Waals surface area (Å²) in [5.41, 5.74) is 3.77. The molecule has 0 bridgehead atoms. The Labute approximate surface area is 129 Å². The molecule has 0 saturated carbocycles. The predicted molar refractivity (Wildman–Crippen MR) is 93.2 cm³/mol. The summed E-state index contributed by atoms with van der Waals surface area (Å²) in [6.07, 6.45) is 1.08. The zero-order valence-electron chi connectivity index (χ0n) is 14.3. The van der Waals surface area contributed by atoms with Crippen molar-refractivity contribution in [2.24, 2.45) is 4.99 Å². The number of nitrogens with one attached hydrogen (secondary N) is 2. The first-order valence-electron chi connectivity index (χ1n) is 7.79. The van der Waals surface area contributed by atoms with E-state index in [0.29, 0.717) is 12.6 Å². The number of guanidine groups is 1. The highest BCUT2D eigenvalue weighted by molar-refractivity contribution is 5.80. The van der Waals surface area contributed by atoms with Crippen LogP contribution in [0.2, 0.25) is 0 Å². The lowest BCUT2D eigenvalue weighted by Gasteiger charge is -2.17. The van der Waals surface area contributed by atoms with E-state index in [2.05, 4.69) is 80.5 Å². The lowest BCUT2D eigenvalue weighted by Crippen LogP contribution is -2.41. The smallest absolute Gasteiger partial charge is 0.191 e. The highest BCUT2D eigenvalue weighted by Gasteiger charge is 2.04. The molecule has 1 aromatic carbocycles. The molecule has 0 fully saturated rings. The van der Waals surface area contributed by atoms with E-state index in [-0.39, 0.29) is 0 Å². The quantitative estimate of drug-likeness (QED) is 0.625. The van der Waals surface area contributed by atoms with Gasteiger partial charge in [0.05, 0.1) is 6.54 Å². The van der Waals surface area contributed by atoms with E-state index in [1.165, 1.54) is 16.8 Å². The van der Waals surface area contributed by atoms with E-state index in [4.69, 9.17) is 0 Å². The molecule has 1 aromatic rings. The van der Waals surface area contributed by atoms with Crippen LogP contribution < -0.4 is 15.5 Å². The van der Waals surface area contributed by atoms with Gasteiger partial charge in [-0.05, 0) is 50.5 Å². The second kappa shape index (κ2) is 8.55. The van der Waals surface area contributed by atoms with Crippen LogP contribution in [-0.2, 0) is 6.54 Å². The third kappa shape index (κ3) is 5.66. The average molecular weight is 290 g/mol. The summed E-state index contributed by atoms with van der Waals surface area (Å²) in [6, 6.07) is 6.95. The van der Waals surface area contributed by atoms with Crippen LogP contribution in [0, 0.1) is 6.92 Å². The van der Waals surface area contributed by atoms with Gasteiger partial charge in [-0.1, -0.05) is 13.0 Å². The van der Waals surface area contributed by atoms with Crippen LogP contribution >= 0.6 is 0 Å². The molecule has 1 atom stereocenters. The van der Waals surface area contributed by atoms with Gasteiger partial charge in [-0.3, -0.25) is 0 Å². The third-order valence-electron chi connectivity index (χ3n) is 3.59. The third-order valence-corrected chi connectivity index (χ3v) is 3.59. The van der Waals surface area contributed by atoms with E-state index in [9.17, 15) is 0 Å². The van der Waals surface area contributed by atoms with Crippen LogP contribution in [0.4, 0.5) is 5.69 Å². The zero-order chi connectivity index (χ0) is 15.8. The van der Waals surface area contributed by atoms with Crippen LogP contribution in [-0.4, -0.2) is 32.6 Å². The van der Waals surface area contributed by atoms with E-state index in [0.717, 1.165) is 18.9 Å². The van der Waals surface area contributed by atoms with Crippen molar-refractivity contribution >= 4 is 11.6 Å². The van der Waals surface area contributed by atoms with Gasteiger partial charge in [0.25, 0.3) is 0 Å². The van der Waals surface area contributed by atoms with E-state index in [1.807, 2.05) is 0 Å². The number of nitrogens with zero attached hydrogens (tertiary/aromatic N) is 2. The van der Waals surface area contributed by atoms with Gasteiger partial charge < -0.3 is 15.5 Å². The lowest BCUT2D eigenvalue weighted by molar-refractivity contribution is 0.624. The minimum atomic E-state index is 0.431. The van der Waals surface area contributed by atoms with Gasteiger partial charge in [-0.2, -0.15) is 0 Å². The summed E-state index contributed by atoms with van der Waals surface area (Å²) < 4.78 is 0. The fraction of sp³-hybridized carbons (Fsp3) is 0.588. The van der Waals surface area contributed by atoms with Crippen molar-refractivity contribution in [2.45, 2.75) is 46.7 Å². The predicted octanol–water partition coefficient (Wildman–Crippen LogP) is 2.91. The van der Waals surface area contributed by atoms with Gasteiger partial charge >= 0.3 is 0 Å². The molecule has 0 aromatic heterocycles. The minimum Gasteiger partial charge on any atom is -0.378 e. The first kappa shape index (κ1) is 17.3. The Balaban J connectivity index is 2.80. The average Bonchev–Trinajstić information content (AvgIpc) is 2.45. The molecule has 2 N–H and O–H groups in total. The first-order valence-corrected chi connectivity index (χ1v) is 7.79. The molecular weight excluding hydrogens is 260 g/mol. The summed E-state index contributed by atoms with van der Waals surface area (Å²) in [5.74, 6) is 0.892. The van der Waals surface area contributed by atoms with Crippen molar-refractivity contribution in [2.75, 3.05) is 25.5 Å². The van der Waals surface area contributed by atoms with E-state index in [1.54, 1.807) is 0 Å². The van der Waals surface area contributed by atoms with Gasteiger partial charge in [0.15, 0.2) is 5.96 Å². The highest BCUT2D eigenvalue weighted by atomic mass is 15.2. The number of hydrogen-bond acceptors (Lipinski definition) is 2. The van der Waals surface area contributed by atoms with Crippen molar-refractivity contribution in [3.05, 3.63) is 29.3 Å². The second-order valence-electron chi connectivity index (χ2n) is 5.65. The summed E-state index contributed by atoms with van der Waals surface area (Å²) in [6.45, 7) is 10.2. The Morgan fingerprint density at radius 3 is 2.52 bits per heavy atom. The molecule has 4 nitrogen and oxygen atoms in total. The number of benzene rings is 1. The molecule has 0 aliphatic heterocycles. The van der Waals surface area contributed by atoms with Crippen molar-refractivity contribution < 1.29 is 0 Å². The molecule has 118 valence electrons. The molecule has 0 spiro atoms. The Hall–Kier alpha value is -1.71. The normalized spacial score (nSPS) is 13.0.